The SMILES string of the molecule is c1ccc(-c2cccc(-c3cccc(N(c4cccc(-c5ccccc5)c4)c4ccc5c(c4)C4(c6ccccc6Oc6ccccc64)c4ccccc4-5)c3)c2)cc1. The Hall–Kier alpha value is -7.42. The Bertz CT molecular complexity index is 2900. The minimum atomic E-state index is -0.565. The minimum Gasteiger partial charge on any atom is -0.457 e. The van der Waals surface area contributed by atoms with Gasteiger partial charge in [0.15, 0.2) is 0 Å². The lowest BCUT2D eigenvalue weighted by atomic mass is 9.66. The van der Waals surface area contributed by atoms with Crippen LogP contribution >= 0.6 is 0 Å². The van der Waals surface area contributed by atoms with Crippen LogP contribution in [0, 0.1) is 0 Å². The average Bonchev–Trinajstić information content (AvgIpc) is 3.57. The van der Waals surface area contributed by atoms with E-state index in [-0.39, 0.29) is 0 Å². The molecule has 57 heavy (non-hydrogen) atoms. The van der Waals surface area contributed by atoms with Gasteiger partial charge in [-0.15, -0.1) is 0 Å². The molecule has 268 valence electrons. The van der Waals surface area contributed by atoms with E-state index in [9.17, 15) is 0 Å². The summed E-state index contributed by atoms with van der Waals surface area (Å²) in [5, 5.41) is 0. The van der Waals surface area contributed by atoms with Crippen LogP contribution in [0.4, 0.5) is 17.1 Å². The number of ether oxygens (including phenoxy) is 1. The van der Waals surface area contributed by atoms with Crippen LogP contribution in [0.1, 0.15) is 22.3 Å². The van der Waals surface area contributed by atoms with Gasteiger partial charge >= 0.3 is 0 Å². The summed E-state index contributed by atoms with van der Waals surface area (Å²) in [4.78, 5) is 2.42. The van der Waals surface area contributed by atoms with Crippen LogP contribution in [0.2, 0.25) is 0 Å². The number of para-hydroxylation sites is 2. The molecule has 2 heteroatoms. The highest BCUT2D eigenvalue weighted by molar-refractivity contribution is 5.92. The Balaban J connectivity index is 1.14. The molecule has 0 radical (unpaired) electrons. The van der Waals surface area contributed by atoms with Crippen molar-refractivity contribution in [2.24, 2.45) is 0 Å². The van der Waals surface area contributed by atoms with Gasteiger partial charge in [-0.1, -0.05) is 170 Å². The predicted molar refractivity (Wildman–Crippen MR) is 235 cm³/mol. The highest BCUT2D eigenvalue weighted by Gasteiger charge is 2.51. The molecule has 0 atom stereocenters. The van der Waals surface area contributed by atoms with Crippen LogP contribution in [0.3, 0.4) is 0 Å². The molecule has 9 aromatic rings. The molecule has 0 saturated heterocycles. The number of hydrogen-bond donors (Lipinski definition) is 0. The van der Waals surface area contributed by atoms with Gasteiger partial charge in [0.1, 0.15) is 11.5 Å². The van der Waals surface area contributed by atoms with Crippen molar-refractivity contribution in [3.63, 3.8) is 0 Å². The quantitative estimate of drug-likeness (QED) is 0.169. The van der Waals surface area contributed by atoms with Crippen molar-refractivity contribution in [2.45, 2.75) is 5.41 Å². The second-order valence-corrected chi connectivity index (χ2v) is 14.9. The first-order valence-electron chi connectivity index (χ1n) is 19.6. The Kier molecular flexibility index (Phi) is 7.75. The maximum atomic E-state index is 6.65. The number of nitrogens with zero attached hydrogens (tertiary/aromatic N) is 1. The molecule has 0 amide bonds. The van der Waals surface area contributed by atoms with Crippen LogP contribution in [-0.4, -0.2) is 0 Å². The van der Waals surface area contributed by atoms with E-state index in [0.29, 0.717) is 0 Å². The highest BCUT2D eigenvalue weighted by atomic mass is 16.5. The molecule has 0 saturated carbocycles. The maximum absolute atomic E-state index is 6.65. The van der Waals surface area contributed by atoms with Crippen molar-refractivity contribution in [3.05, 3.63) is 247 Å². The van der Waals surface area contributed by atoms with Crippen molar-refractivity contribution in [1.29, 1.82) is 0 Å². The fourth-order valence-corrected chi connectivity index (χ4v) is 9.22. The molecule has 1 spiro atoms. The van der Waals surface area contributed by atoms with Gasteiger partial charge < -0.3 is 9.64 Å². The van der Waals surface area contributed by atoms with Crippen LogP contribution in [0.5, 0.6) is 11.5 Å². The van der Waals surface area contributed by atoms with Crippen molar-refractivity contribution >= 4 is 17.1 Å². The predicted octanol–water partition coefficient (Wildman–Crippen LogP) is 14.6. The van der Waals surface area contributed by atoms with Crippen LogP contribution in [0.15, 0.2) is 224 Å². The molecular weight excluding hydrogens is 691 g/mol. The molecule has 0 aromatic heterocycles. The summed E-state index contributed by atoms with van der Waals surface area (Å²) in [6, 6.07) is 81.1. The van der Waals surface area contributed by atoms with Gasteiger partial charge in [0.2, 0.25) is 0 Å². The molecule has 9 aromatic carbocycles. The van der Waals surface area contributed by atoms with Gasteiger partial charge in [-0.05, 0) is 110 Å². The fraction of sp³-hybridized carbons (Fsp3) is 0.0182. The number of benzene rings is 9. The summed E-state index contributed by atoms with van der Waals surface area (Å²) in [5.41, 5.74) is 17.1. The second kappa shape index (κ2) is 13.4. The van der Waals surface area contributed by atoms with Crippen molar-refractivity contribution in [2.75, 3.05) is 4.90 Å². The van der Waals surface area contributed by atoms with Crippen molar-refractivity contribution in [1.82, 2.24) is 0 Å². The van der Waals surface area contributed by atoms with E-state index < -0.39 is 5.41 Å². The topological polar surface area (TPSA) is 12.5 Å². The molecule has 0 bridgehead atoms. The van der Waals surface area contributed by atoms with E-state index in [4.69, 9.17) is 4.74 Å². The third-order valence-electron chi connectivity index (χ3n) is 11.7. The first-order valence-corrected chi connectivity index (χ1v) is 19.6. The van der Waals surface area contributed by atoms with Gasteiger partial charge in [-0.25, -0.2) is 0 Å². The lowest BCUT2D eigenvalue weighted by Crippen LogP contribution is -2.32. The summed E-state index contributed by atoms with van der Waals surface area (Å²) in [6.45, 7) is 0. The monoisotopic (exact) mass is 727 g/mol. The smallest absolute Gasteiger partial charge is 0.132 e. The van der Waals surface area contributed by atoms with E-state index in [2.05, 4.69) is 229 Å². The van der Waals surface area contributed by atoms with E-state index in [1.165, 1.54) is 50.1 Å². The van der Waals surface area contributed by atoms with E-state index in [0.717, 1.165) is 45.3 Å². The fourth-order valence-electron chi connectivity index (χ4n) is 9.22. The summed E-state index contributed by atoms with van der Waals surface area (Å²) in [5.74, 6) is 1.78. The number of rotatable bonds is 6. The first-order chi connectivity index (χ1) is 28.3. The van der Waals surface area contributed by atoms with Gasteiger partial charge in [0, 0.05) is 28.2 Å². The minimum absolute atomic E-state index is 0.565. The van der Waals surface area contributed by atoms with Gasteiger partial charge in [0.25, 0.3) is 0 Å². The number of fused-ring (bicyclic) bond motifs is 9. The molecule has 1 aliphatic carbocycles. The van der Waals surface area contributed by atoms with Crippen molar-refractivity contribution in [3.8, 4) is 56.0 Å². The van der Waals surface area contributed by atoms with E-state index in [1.807, 2.05) is 0 Å². The molecule has 2 aliphatic rings. The zero-order chi connectivity index (χ0) is 37.8. The summed E-state index contributed by atoms with van der Waals surface area (Å²) in [6.07, 6.45) is 0. The van der Waals surface area contributed by atoms with Crippen LogP contribution < -0.4 is 9.64 Å². The Morgan fingerprint density at radius 2 is 0.702 bits per heavy atom. The molecule has 0 fully saturated rings. The molecule has 1 aliphatic heterocycles. The molecule has 0 N–H and O–H groups in total. The van der Waals surface area contributed by atoms with Crippen LogP contribution in [-0.2, 0) is 5.41 Å². The summed E-state index contributed by atoms with van der Waals surface area (Å²) < 4.78 is 6.65. The van der Waals surface area contributed by atoms with Gasteiger partial charge in [0.05, 0.1) is 5.41 Å². The zero-order valence-electron chi connectivity index (χ0n) is 31.2. The maximum Gasteiger partial charge on any atom is 0.132 e. The van der Waals surface area contributed by atoms with Crippen LogP contribution in [0.25, 0.3) is 44.5 Å². The Labute approximate surface area is 333 Å². The molecule has 0 unspecified atom stereocenters. The lowest BCUT2D eigenvalue weighted by Gasteiger charge is -2.39. The third-order valence-corrected chi connectivity index (χ3v) is 11.7. The summed E-state index contributed by atoms with van der Waals surface area (Å²) >= 11 is 0. The van der Waals surface area contributed by atoms with Gasteiger partial charge in [-0.2, -0.15) is 0 Å². The first kappa shape index (κ1) is 33.0. The summed E-state index contributed by atoms with van der Waals surface area (Å²) in [7, 11) is 0. The third kappa shape index (κ3) is 5.33. The second-order valence-electron chi connectivity index (χ2n) is 14.9. The van der Waals surface area contributed by atoms with Gasteiger partial charge in [-0.3, -0.25) is 0 Å². The lowest BCUT2D eigenvalue weighted by molar-refractivity contribution is 0.436. The molecule has 11 rings (SSSR count). The Morgan fingerprint density at radius 1 is 0.281 bits per heavy atom. The standard InChI is InChI=1S/C55H37NO/c1-3-16-38(17-4-1)40-20-13-21-41(34-40)43-23-15-25-45(36-43)56(44-24-14-22-42(35-44)39-18-5-2-6-19-39)46-32-33-48-47-26-7-8-27-49(47)55(52(48)37-46)50-28-9-11-30-53(50)57-54-31-12-10-29-51(54)55/h1-37H. The molecular formula is C55H37NO. The van der Waals surface area contributed by atoms with Crippen molar-refractivity contribution < 1.29 is 4.74 Å². The highest BCUT2D eigenvalue weighted by Crippen LogP contribution is 2.62. The number of hydrogen-bond acceptors (Lipinski definition) is 2. The van der Waals surface area contributed by atoms with E-state index >= 15 is 0 Å². The normalized spacial score (nSPS) is 12.8. The zero-order valence-corrected chi connectivity index (χ0v) is 31.2. The largest absolute Gasteiger partial charge is 0.457 e. The Morgan fingerprint density at radius 3 is 1.32 bits per heavy atom. The molecule has 1 heterocycles. The average molecular weight is 728 g/mol. The number of anilines is 3. The molecule has 2 nitrogen and oxygen atoms in total. The van der Waals surface area contributed by atoms with E-state index in [1.54, 1.807) is 0 Å².